The fraction of sp³-hybridized carbons (Fsp3) is 1.00. The Labute approximate surface area is 65.0 Å². The van der Waals surface area contributed by atoms with Crippen LogP contribution in [0.4, 0.5) is 4.48 Å². The molecule has 0 amide bonds. The first-order chi connectivity index (χ1) is 4.96. The average molecular weight is 184 g/mol. The van der Waals surface area contributed by atoms with Gasteiger partial charge >= 0.3 is 10.3 Å². The number of rotatable bonds is 1. The summed E-state index contributed by atoms with van der Waals surface area (Å²) in [7, 11) is -4.55. The highest BCUT2D eigenvalue weighted by molar-refractivity contribution is 7.79. The van der Waals surface area contributed by atoms with Gasteiger partial charge in [-0.25, -0.2) is 4.55 Å². The van der Waals surface area contributed by atoms with Crippen LogP contribution in [0.2, 0.25) is 0 Å². The van der Waals surface area contributed by atoms with E-state index in [2.05, 4.69) is 0 Å². The molecule has 6 heteroatoms. The molecule has 1 saturated heterocycles. The predicted octanol–water partition coefficient (Wildman–Crippen LogP) is 0.674. The van der Waals surface area contributed by atoms with E-state index in [1.54, 1.807) is 0 Å². The van der Waals surface area contributed by atoms with Crippen LogP contribution in [-0.2, 0) is 10.3 Å². The summed E-state index contributed by atoms with van der Waals surface area (Å²) in [6.45, 7) is -0.252. The van der Waals surface area contributed by atoms with E-state index in [0.717, 1.165) is 6.42 Å². The van der Waals surface area contributed by atoms with E-state index in [4.69, 9.17) is 4.55 Å². The van der Waals surface area contributed by atoms with E-state index in [-0.39, 0.29) is 13.1 Å². The molecule has 66 valence electrons. The second-order valence-corrected chi connectivity index (χ2v) is 4.30. The van der Waals surface area contributed by atoms with Crippen LogP contribution < -0.4 is 0 Å². The van der Waals surface area contributed by atoms with Gasteiger partial charge in [0.1, 0.15) is 13.1 Å². The van der Waals surface area contributed by atoms with Gasteiger partial charge in [0, 0.05) is 17.3 Å². The molecule has 0 atom stereocenters. The smallest absolute Gasteiger partial charge is 0.239 e. The minimum atomic E-state index is -4.55. The van der Waals surface area contributed by atoms with Crippen molar-refractivity contribution < 1.29 is 21.6 Å². The molecule has 0 bridgehead atoms. The lowest BCUT2D eigenvalue weighted by molar-refractivity contribution is -0.957. The first kappa shape index (κ1) is 8.89. The Morgan fingerprint density at radius 3 is 1.91 bits per heavy atom. The van der Waals surface area contributed by atoms with Crippen molar-refractivity contribution in [3.8, 4) is 0 Å². The van der Waals surface area contributed by atoms with Gasteiger partial charge in [-0.2, -0.15) is 0 Å². The minimum absolute atomic E-state index is 0.126. The number of halogens is 1. The van der Waals surface area contributed by atoms with Crippen molar-refractivity contribution in [3.05, 3.63) is 0 Å². The number of nitrogens with zero attached hydrogens (tertiary/aromatic N) is 1. The molecule has 0 unspecified atom stereocenters. The molecule has 0 radical (unpaired) electrons. The molecule has 1 fully saturated rings. The Morgan fingerprint density at radius 1 is 1.18 bits per heavy atom. The molecule has 0 aromatic rings. The van der Waals surface area contributed by atoms with E-state index in [0.29, 0.717) is 12.8 Å². The third-order valence-electron chi connectivity index (χ3n) is 1.90. The van der Waals surface area contributed by atoms with Gasteiger partial charge in [-0.3, -0.25) is 0 Å². The van der Waals surface area contributed by atoms with Crippen LogP contribution in [0.5, 0.6) is 0 Å². The van der Waals surface area contributed by atoms with Crippen LogP contribution in [0.3, 0.4) is 0 Å². The summed E-state index contributed by atoms with van der Waals surface area (Å²) in [4.78, 5) is 0. The zero-order chi connectivity index (χ0) is 8.54. The molecule has 0 saturated carbocycles. The number of quaternary nitrogens is 1. The zero-order valence-corrected chi connectivity index (χ0v) is 6.85. The Bertz CT molecular complexity index is 232. The highest BCUT2D eigenvalue weighted by Crippen LogP contribution is 2.23. The van der Waals surface area contributed by atoms with Crippen molar-refractivity contribution in [1.82, 2.24) is 0 Å². The van der Waals surface area contributed by atoms with Gasteiger partial charge in [-0.15, -0.1) is 8.42 Å². The molecule has 0 aromatic heterocycles. The van der Waals surface area contributed by atoms with Crippen molar-refractivity contribution >= 4 is 10.3 Å². The Morgan fingerprint density at radius 2 is 1.64 bits per heavy atom. The molecule has 11 heavy (non-hydrogen) atoms. The molecule has 4 nitrogen and oxygen atoms in total. The van der Waals surface area contributed by atoms with Gasteiger partial charge in [0.25, 0.3) is 0 Å². The fourth-order valence-corrected chi connectivity index (χ4v) is 1.93. The van der Waals surface area contributed by atoms with Crippen molar-refractivity contribution in [3.63, 3.8) is 0 Å². The molecule has 1 aliphatic rings. The second-order valence-electron chi connectivity index (χ2n) is 2.75. The van der Waals surface area contributed by atoms with E-state index in [1.807, 2.05) is 0 Å². The number of hydrogen-bond acceptors (Lipinski definition) is 2. The van der Waals surface area contributed by atoms with E-state index in [1.165, 1.54) is 0 Å². The first-order valence-corrected chi connectivity index (χ1v) is 4.90. The largest absolute Gasteiger partial charge is 0.469 e. The Balaban J connectivity index is 2.81. The molecule has 0 aromatic carbocycles. The van der Waals surface area contributed by atoms with Gasteiger partial charge in [0.2, 0.25) is 0 Å². The van der Waals surface area contributed by atoms with Gasteiger partial charge < -0.3 is 0 Å². The van der Waals surface area contributed by atoms with E-state index < -0.39 is 14.4 Å². The van der Waals surface area contributed by atoms with Crippen molar-refractivity contribution in [2.75, 3.05) is 13.1 Å². The third-order valence-corrected chi connectivity index (χ3v) is 3.09. The van der Waals surface area contributed by atoms with Gasteiger partial charge in [-0.1, -0.05) is 0 Å². The number of piperidine rings is 1. The van der Waals surface area contributed by atoms with Crippen LogP contribution in [0.25, 0.3) is 0 Å². The third kappa shape index (κ3) is 1.69. The van der Waals surface area contributed by atoms with Crippen LogP contribution in [0, 0.1) is 0 Å². The van der Waals surface area contributed by atoms with Crippen molar-refractivity contribution in [2.45, 2.75) is 19.3 Å². The highest BCUT2D eigenvalue weighted by Gasteiger charge is 2.44. The summed E-state index contributed by atoms with van der Waals surface area (Å²) in [5, 5.41) is 0. The van der Waals surface area contributed by atoms with Crippen LogP contribution >= 0.6 is 0 Å². The average Bonchev–Trinajstić information content (AvgIpc) is 1.87. The molecule has 0 spiro atoms. The number of hydrogen-bond donors (Lipinski definition) is 1. The quantitative estimate of drug-likeness (QED) is 0.481. The molecular weight excluding hydrogens is 173 g/mol. The molecule has 0 aliphatic carbocycles. The van der Waals surface area contributed by atoms with E-state index >= 15 is 0 Å². The molecule has 1 rings (SSSR count). The minimum Gasteiger partial charge on any atom is -0.239 e. The standard InChI is InChI=1S/C5H10FNO3S/c6-7(11(8,9)10)4-2-1-3-5-7/h1-5H2/p+1. The molecule has 1 N–H and O–H groups in total. The zero-order valence-electron chi connectivity index (χ0n) is 6.03. The van der Waals surface area contributed by atoms with Crippen molar-refractivity contribution in [2.24, 2.45) is 0 Å². The monoisotopic (exact) mass is 184 g/mol. The summed E-state index contributed by atoms with van der Waals surface area (Å²) in [5.74, 6) is 0. The van der Waals surface area contributed by atoms with Gasteiger partial charge in [0.05, 0.1) is 0 Å². The lowest BCUT2D eigenvalue weighted by Crippen LogP contribution is -2.48. The fourth-order valence-electron chi connectivity index (χ4n) is 1.22. The lowest BCUT2D eigenvalue weighted by atomic mass is 10.2. The summed E-state index contributed by atoms with van der Waals surface area (Å²) in [6, 6.07) is 0. The first-order valence-electron chi connectivity index (χ1n) is 3.50. The normalized spacial score (nSPS) is 24.9. The highest BCUT2D eigenvalue weighted by atomic mass is 32.2. The van der Waals surface area contributed by atoms with Crippen molar-refractivity contribution in [1.29, 1.82) is 0 Å². The summed E-state index contributed by atoms with van der Waals surface area (Å²) < 4.78 is 40.9. The van der Waals surface area contributed by atoms with Gasteiger partial charge in [0.15, 0.2) is 0 Å². The van der Waals surface area contributed by atoms with Crippen LogP contribution in [0.15, 0.2) is 0 Å². The topological polar surface area (TPSA) is 54.4 Å². The lowest BCUT2D eigenvalue weighted by Gasteiger charge is -2.24. The maximum atomic E-state index is 13.2. The SMILES string of the molecule is O=S(=O)(O)[N+]1(F)CCCCC1. The van der Waals surface area contributed by atoms with Crippen LogP contribution in [0.1, 0.15) is 19.3 Å². The van der Waals surface area contributed by atoms with Gasteiger partial charge in [-0.05, 0) is 10.5 Å². The van der Waals surface area contributed by atoms with E-state index in [9.17, 15) is 12.9 Å². The Hall–Kier alpha value is -0.200. The maximum Gasteiger partial charge on any atom is 0.469 e. The summed E-state index contributed by atoms with van der Waals surface area (Å²) >= 11 is 0. The molecule has 1 heterocycles. The molecule has 1 aliphatic heterocycles. The Kier molecular flexibility index (Phi) is 2.17. The maximum absolute atomic E-state index is 13.2. The summed E-state index contributed by atoms with van der Waals surface area (Å²) in [6.07, 6.45) is 1.85. The predicted molar refractivity (Wildman–Crippen MR) is 36.5 cm³/mol. The summed E-state index contributed by atoms with van der Waals surface area (Å²) in [5.41, 5.74) is 0. The van der Waals surface area contributed by atoms with Crippen LogP contribution in [-0.4, -0.2) is 30.2 Å². The second kappa shape index (κ2) is 2.69. The molecular formula is C5H11FNO3S+.